The standard InChI is InChI=1S/C5H5N.2CH3NS2.Zn/c1-2-4-6-5-3-1;2*2-1(3)4;/h1-5H;2*(H3,2,3,4);/q;;;+2/p-2. The maximum Gasteiger partial charge on any atom is 2.00 e. The van der Waals surface area contributed by atoms with Gasteiger partial charge >= 0.3 is 19.5 Å². The molecule has 0 radical (unpaired) electrons. The summed E-state index contributed by atoms with van der Waals surface area (Å²) in [6.07, 6.45) is 3.50. The van der Waals surface area contributed by atoms with Crippen molar-refractivity contribution in [2.24, 2.45) is 11.5 Å². The van der Waals surface area contributed by atoms with E-state index in [4.69, 9.17) is 0 Å². The third kappa shape index (κ3) is 56.0. The van der Waals surface area contributed by atoms with Gasteiger partial charge < -0.3 is 61.2 Å². The fourth-order valence-corrected chi connectivity index (χ4v) is 0.313. The van der Waals surface area contributed by atoms with Gasteiger partial charge in [-0.1, -0.05) is 14.7 Å². The zero-order valence-corrected chi connectivity index (χ0v) is 14.1. The molecule has 1 heterocycles. The van der Waals surface area contributed by atoms with Gasteiger partial charge in [0.05, 0.1) is 0 Å². The van der Waals surface area contributed by atoms with Crippen molar-refractivity contribution in [3.05, 3.63) is 30.6 Å². The monoisotopic (exact) mass is 327 g/mol. The smallest absolute Gasteiger partial charge is 0.415 e. The topological polar surface area (TPSA) is 64.9 Å². The van der Waals surface area contributed by atoms with Gasteiger partial charge in [-0.15, -0.1) is 0 Å². The Morgan fingerprint density at radius 3 is 1.27 bits per heavy atom. The van der Waals surface area contributed by atoms with Crippen LogP contribution in [0.3, 0.4) is 0 Å². The van der Waals surface area contributed by atoms with Crippen molar-refractivity contribution in [2.45, 2.75) is 0 Å². The summed E-state index contributed by atoms with van der Waals surface area (Å²) in [5, 5.41) is 0. The first kappa shape index (κ1) is 20.4. The molecule has 0 saturated heterocycles. The second-order valence-electron chi connectivity index (χ2n) is 1.66. The van der Waals surface area contributed by atoms with Crippen molar-refractivity contribution < 1.29 is 19.5 Å². The van der Waals surface area contributed by atoms with E-state index in [1.165, 1.54) is 0 Å². The Morgan fingerprint density at radius 2 is 1.20 bits per heavy atom. The van der Waals surface area contributed by atoms with Crippen molar-refractivity contribution in [2.75, 3.05) is 0 Å². The van der Waals surface area contributed by atoms with Gasteiger partial charge in [0, 0.05) is 12.4 Å². The molecule has 0 aliphatic carbocycles. The summed E-state index contributed by atoms with van der Waals surface area (Å²) in [7, 11) is 0. The first-order valence-corrected chi connectivity index (χ1v) is 4.88. The van der Waals surface area contributed by atoms with Crippen LogP contribution in [0.1, 0.15) is 0 Å². The molecule has 1 aromatic rings. The summed E-state index contributed by atoms with van der Waals surface area (Å²) in [6, 6.07) is 5.72. The van der Waals surface area contributed by atoms with Crippen LogP contribution in [0.25, 0.3) is 0 Å². The number of thiocarbonyl (C=S) groups is 2. The van der Waals surface area contributed by atoms with Crippen LogP contribution in [-0.2, 0) is 44.7 Å². The van der Waals surface area contributed by atoms with E-state index in [9.17, 15) is 0 Å². The summed E-state index contributed by atoms with van der Waals surface area (Å²) in [5.41, 5.74) is 9.31. The Kier molecular flexibility index (Phi) is 22.3. The van der Waals surface area contributed by atoms with E-state index in [2.05, 4.69) is 66.1 Å². The largest absolute Gasteiger partial charge is 2.00 e. The Morgan fingerprint density at radius 1 is 0.933 bits per heavy atom. The van der Waals surface area contributed by atoms with Gasteiger partial charge in [0.2, 0.25) is 0 Å². The minimum atomic E-state index is 0. The Hall–Kier alpha value is -0.00662. The fraction of sp³-hybridized carbons (Fsp3) is 0. The van der Waals surface area contributed by atoms with Crippen LogP contribution < -0.4 is 11.5 Å². The second-order valence-corrected chi connectivity index (χ2v) is 3.94. The molecule has 0 bridgehead atoms. The van der Waals surface area contributed by atoms with Crippen molar-refractivity contribution in [1.29, 1.82) is 0 Å². The molecule has 0 aromatic carbocycles. The molecule has 15 heavy (non-hydrogen) atoms. The van der Waals surface area contributed by atoms with Crippen molar-refractivity contribution in [3.8, 4) is 0 Å². The van der Waals surface area contributed by atoms with Crippen LogP contribution >= 0.6 is 24.4 Å². The van der Waals surface area contributed by atoms with E-state index in [0.717, 1.165) is 0 Å². The Bertz CT molecular complexity index is 211. The SMILES string of the molecule is NC(=S)[S-].NC(=S)[S-].[Zn+2].c1ccncc1. The second kappa shape index (κ2) is 16.4. The molecule has 0 spiro atoms. The number of pyridine rings is 1. The van der Waals surface area contributed by atoms with Gasteiger partial charge in [-0.2, -0.15) is 0 Å². The zero-order chi connectivity index (χ0) is 11.4. The van der Waals surface area contributed by atoms with Crippen LogP contribution in [0.4, 0.5) is 0 Å². The molecule has 78 valence electrons. The number of aromatic nitrogens is 1. The fourth-order valence-electron chi connectivity index (χ4n) is 0.313. The average Bonchev–Trinajstić information content (AvgIpc) is 2.05. The average molecular weight is 329 g/mol. The van der Waals surface area contributed by atoms with Gasteiger partial charge in [0.15, 0.2) is 0 Å². The molecule has 0 unspecified atom stereocenters. The Labute approximate surface area is 124 Å². The minimum Gasteiger partial charge on any atom is -0.415 e. The number of rotatable bonds is 0. The third-order valence-corrected chi connectivity index (χ3v) is 0.566. The number of hydrogen-bond acceptors (Lipinski definition) is 5. The maximum atomic E-state index is 4.66. The molecule has 0 atom stereocenters. The Balaban J connectivity index is -0.000000145. The molecule has 4 N–H and O–H groups in total. The maximum absolute atomic E-state index is 4.66. The first-order chi connectivity index (χ1) is 6.46. The third-order valence-electron chi connectivity index (χ3n) is 0.566. The number of nitrogens with zero attached hydrogens (tertiary/aromatic N) is 1. The van der Waals surface area contributed by atoms with Crippen LogP contribution in [-0.4, -0.2) is 13.6 Å². The molecule has 0 aliphatic rings. The summed E-state index contributed by atoms with van der Waals surface area (Å²) in [6.45, 7) is 0. The van der Waals surface area contributed by atoms with Gasteiger partial charge in [-0.25, -0.2) is 0 Å². The molecule has 0 aliphatic heterocycles. The van der Waals surface area contributed by atoms with Crippen LogP contribution in [0.15, 0.2) is 30.6 Å². The predicted octanol–water partition coefficient (Wildman–Crippen LogP) is 0.633. The minimum absolute atomic E-state index is 0. The summed E-state index contributed by atoms with van der Waals surface area (Å²) in [5.74, 6) is 0. The molecule has 0 fully saturated rings. The van der Waals surface area contributed by atoms with Crippen molar-refractivity contribution in [3.63, 3.8) is 0 Å². The van der Waals surface area contributed by atoms with Gasteiger partial charge in [-0.05, 0) is 12.1 Å². The molecular formula is C7H9N3S4Zn. The molecule has 1 rings (SSSR count). The van der Waals surface area contributed by atoms with E-state index in [0.29, 0.717) is 0 Å². The van der Waals surface area contributed by atoms with Crippen LogP contribution in [0.2, 0.25) is 0 Å². The molecular weight excluding hydrogens is 320 g/mol. The predicted molar refractivity (Wildman–Crippen MR) is 72.5 cm³/mol. The molecule has 0 amide bonds. The normalized spacial score (nSPS) is 6.40. The summed E-state index contributed by atoms with van der Waals surface area (Å²) < 4.78 is 0.167. The van der Waals surface area contributed by atoms with E-state index < -0.39 is 0 Å². The molecule has 1 aromatic heterocycles. The summed E-state index contributed by atoms with van der Waals surface area (Å²) in [4.78, 5) is 3.78. The first-order valence-electron chi connectivity index (χ1n) is 3.24. The van der Waals surface area contributed by atoms with Crippen LogP contribution in [0.5, 0.6) is 0 Å². The van der Waals surface area contributed by atoms with Gasteiger partial charge in [-0.3, -0.25) is 4.98 Å². The van der Waals surface area contributed by atoms with E-state index in [-0.39, 0.29) is 28.1 Å². The quantitative estimate of drug-likeness (QED) is 0.411. The van der Waals surface area contributed by atoms with E-state index in [1.807, 2.05) is 18.2 Å². The number of hydrogen-bond donors (Lipinski definition) is 2. The molecule has 3 nitrogen and oxygen atoms in total. The van der Waals surface area contributed by atoms with Gasteiger partial charge in [0.25, 0.3) is 0 Å². The summed E-state index contributed by atoms with van der Waals surface area (Å²) >= 11 is 16.5. The van der Waals surface area contributed by atoms with Crippen molar-refractivity contribution in [1.82, 2.24) is 4.98 Å². The molecule has 0 saturated carbocycles. The van der Waals surface area contributed by atoms with Crippen LogP contribution in [0, 0.1) is 0 Å². The molecule has 8 heteroatoms. The van der Waals surface area contributed by atoms with Crippen molar-refractivity contribution >= 4 is 58.3 Å². The van der Waals surface area contributed by atoms with E-state index in [1.54, 1.807) is 12.4 Å². The van der Waals surface area contributed by atoms with E-state index >= 15 is 0 Å². The van der Waals surface area contributed by atoms with Gasteiger partial charge in [0.1, 0.15) is 0 Å². The number of nitrogens with two attached hydrogens (primary N) is 2. The zero-order valence-electron chi connectivity index (χ0n) is 7.83.